The molecule has 0 amide bonds. The van der Waals surface area contributed by atoms with Gasteiger partial charge in [0.1, 0.15) is 5.03 Å². The molecule has 18 heavy (non-hydrogen) atoms. The maximum atomic E-state index is 4.31. The van der Waals surface area contributed by atoms with Crippen molar-refractivity contribution in [3.8, 4) is 0 Å². The number of aromatic nitrogens is 1. The summed E-state index contributed by atoms with van der Waals surface area (Å²) in [6.07, 6.45) is 1.82. The maximum Gasteiger partial charge on any atom is 0.101 e. The van der Waals surface area contributed by atoms with Gasteiger partial charge in [-0.05, 0) is 29.8 Å². The molecule has 3 heteroatoms. The van der Waals surface area contributed by atoms with E-state index in [1.165, 1.54) is 10.5 Å². The highest BCUT2D eigenvalue weighted by Gasteiger charge is 1.99. The highest BCUT2D eigenvalue weighted by atomic mass is 32.2. The number of benzene rings is 1. The van der Waals surface area contributed by atoms with Crippen LogP contribution in [-0.2, 0) is 6.54 Å². The summed E-state index contributed by atoms with van der Waals surface area (Å²) in [5.41, 5.74) is 1.31. The zero-order valence-electron chi connectivity index (χ0n) is 10.8. The summed E-state index contributed by atoms with van der Waals surface area (Å²) in [5.74, 6) is 0. The van der Waals surface area contributed by atoms with Gasteiger partial charge in [-0.25, -0.2) is 4.98 Å². The van der Waals surface area contributed by atoms with E-state index >= 15 is 0 Å². The smallest absolute Gasteiger partial charge is 0.101 e. The molecule has 0 atom stereocenters. The van der Waals surface area contributed by atoms with E-state index in [0.29, 0.717) is 6.04 Å². The first-order valence-corrected chi connectivity index (χ1v) is 6.97. The minimum absolute atomic E-state index is 0.521. The van der Waals surface area contributed by atoms with Crippen LogP contribution in [0.5, 0.6) is 0 Å². The molecule has 0 unspecified atom stereocenters. The molecule has 2 nitrogen and oxygen atoms in total. The van der Waals surface area contributed by atoms with Crippen LogP contribution in [0.3, 0.4) is 0 Å². The van der Waals surface area contributed by atoms with Gasteiger partial charge in [-0.15, -0.1) is 0 Å². The molecule has 0 saturated heterocycles. The first kappa shape index (κ1) is 13.1. The molecule has 0 aliphatic heterocycles. The van der Waals surface area contributed by atoms with Crippen molar-refractivity contribution in [2.24, 2.45) is 0 Å². The largest absolute Gasteiger partial charge is 0.310 e. The van der Waals surface area contributed by atoms with Gasteiger partial charge >= 0.3 is 0 Å². The number of nitrogens with zero attached hydrogens (tertiary/aromatic N) is 1. The molecule has 0 bridgehead atoms. The SMILES string of the molecule is CC(C)NCc1ccc(Sc2ccccn2)cc1. The fourth-order valence-corrected chi connectivity index (χ4v) is 2.30. The second-order valence-electron chi connectivity index (χ2n) is 4.45. The lowest BCUT2D eigenvalue weighted by atomic mass is 10.2. The van der Waals surface area contributed by atoms with E-state index in [0.717, 1.165) is 11.6 Å². The minimum atomic E-state index is 0.521. The highest BCUT2D eigenvalue weighted by Crippen LogP contribution is 2.25. The lowest BCUT2D eigenvalue weighted by Gasteiger charge is -2.08. The molecule has 0 spiro atoms. The van der Waals surface area contributed by atoms with E-state index in [2.05, 4.69) is 48.4 Å². The molecule has 94 valence electrons. The van der Waals surface area contributed by atoms with E-state index in [1.54, 1.807) is 11.8 Å². The van der Waals surface area contributed by atoms with Crippen LogP contribution in [0.4, 0.5) is 0 Å². The van der Waals surface area contributed by atoms with Crippen molar-refractivity contribution < 1.29 is 0 Å². The molecule has 0 saturated carbocycles. The Morgan fingerprint density at radius 1 is 1.11 bits per heavy atom. The van der Waals surface area contributed by atoms with Gasteiger partial charge in [0.25, 0.3) is 0 Å². The first-order chi connectivity index (χ1) is 8.74. The van der Waals surface area contributed by atoms with Crippen LogP contribution in [0, 0.1) is 0 Å². The summed E-state index contributed by atoms with van der Waals surface area (Å²) in [5, 5.41) is 4.44. The lowest BCUT2D eigenvalue weighted by molar-refractivity contribution is 0.588. The van der Waals surface area contributed by atoms with Crippen LogP contribution in [0.2, 0.25) is 0 Å². The van der Waals surface area contributed by atoms with Crippen LogP contribution in [-0.4, -0.2) is 11.0 Å². The Morgan fingerprint density at radius 3 is 2.50 bits per heavy atom. The molecule has 1 heterocycles. The Balaban J connectivity index is 1.95. The zero-order chi connectivity index (χ0) is 12.8. The van der Waals surface area contributed by atoms with E-state index in [1.807, 2.05) is 24.4 Å². The van der Waals surface area contributed by atoms with E-state index in [4.69, 9.17) is 0 Å². The van der Waals surface area contributed by atoms with Crippen molar-refractivity contribution in [2.75, 3.05) is 0 Å². The number of rotatable bonds is 5. The van der Waals surface area contributed by atoms with Crippen LogP contribution >= 0.6 is 11.8 Å². The summed E-state index contributed by atoms with van der Waals surface area (Å²) in [6.45, 7) is 5.24. The normalized spacial score (nSPS) is 10.8. The van der Waals surface area contributed by atoms with Gasteiger partial charge in [0.15, 0.2) is 0 Å². The van der Waals surface area contributed by atoms with Gasteiger partial charge in [0.05, 0.1) is 0 Å². The number of hydrogen-bond acceptors (Lipinski definition) is 3. The average Bonchev–Trinajstić information content (AvgIpc) is 2.39. The van der Waals surface area contributed by atoms with Gasteiger partial charge in [-0.1, -0.05) is 43.8 Å². The first-order valence-electron chi connectivity index (χ1n) is 6.15. The Morgan fingerprint density at radius 2 is 1.89 bits per heavy atom. The van der Waals surface area contributed by atoms with Crippen molar-refractivity contribution in [3.05, 3.63) is 54.2 Å². The second-order valence-corrected chi connectivity index (χ2v) is 5.54. The highest BCUT2D eigenvalue weighted by molar-refractivity contribution is 7.99. The fourth-order valence-electron chi connectivity index (χ4n) is 1.53. The van der Waals surface area contributed by atoms with Gasteiger partial charge in [-0.3, -0.25) is 0 Å². The summed E-state index contributed by atoms with van der Waals surface area (Å²) >= 11 is 1.69. The molecule has 0 radical (unpaired) electrons. The Labute approximate surface area is 113 Å². The molecule has 1 aromatic heterocycles. The van der Waals surface area contributed by atoms with Crippen molar-refractivity contribution in [1.29, 1.82) is 0 Å². The predicted molar refractivity (Wildman–Crippen MR) is 76.8 cm³/mol. The van der Waals surface area contributed by atoms with E-state index in [-0.39, 0.29) is 0 Å². The van der Waals surface area contributed by atoms with Crippen molar-refractivity contribution in [3.63, 3.8) is 0 Å². The molecule has 1 N–H and O–H groups in total. The van der Waals surface area contributed by atoms with Crippen LogP contribution in [0.25, 0.3) is 0 Å². The molecule has 2 rings (SSSR count). The molecule has 0 aliphatic carbocycles. The van der Waals surface area contributed by atoms with Crippen LogP contribution in [0.1, 0.15) is 19.4 Å². The van der Waals surface area contributed by atoms with Crippen LogP contribution < -0.4 is 5.32 Å². The van der Waals surface area contributed by atoms with Gasteiger partial charge in [-0.2, -0.15) is 0 Å². The van der Waals surface area contributed by atoms with Crippen molar-refractivity contribution in [1.82, 2.24) is 10.3 Å². The maximum absolute atomic E-state index is 4.31. The quantitative estimate of drug-likeness (QED) is 0.884. The zero-order valence-corrected chi connectivity index (χ0v) is 11.6. The van der Waals surface area contributed by atoms with E-state index in [9.17, 15) is 0 Å². The topological polar surface area (TPSA) is 24.9 Å². The second kappa shape index (κ2) is 6.57. The summed E-state index contributed by atoms with van der Waals surface area (Å²) < 4.78 is 0. The Kier molecular flexibility index (Phi) is 4.79. The third-order valence-electron chi connectivity index (χ3n) is 2.50. The molecular weight excluding hydrogens is 240 g/mol. The third-order valence-corrected chi connectivity index (χ3v) is 3.46. The Hall–Kier alpha value is -1.32. The van der Waals surface area contributed by atoms with Crippen LogP contribution in [0.15, 0.2) is 58.6 Å². The lowest BCUT2D eigenvalue weighted by Crippen LogP contribution is -2.21. The van der Waals surface area contributed by atoms with Gasteiger partial charge in [0.2, 0.25) is 0 Å². The van der Waals surface area contributed by atoms with Crippen molar-refractivity contribution >= 4 is 11.8 Å². The van der Waals surface area contributed by atoms with E-state index < -0.39 is 0 Å². The monoisotopic (exact) mass is 258 g/mol. The number of hydrogen-bond donors (Lipinski definition) is 1. The molecule has 2 aromatic rings. The molecule has 0 aliphatic rings. The molecular formula is C15H18N2S. The number of pyridine rings is 1. The van der Waals surface area contributed by atoms with Crippen molar-refractivity contribution in [2.45, 2.75) is 36.4 Å². The predicted octanol–water partition coefficient (Wildman–Crippen LogP) is 3.73. The molecule has 1 aromatic carbocycles. The number of nitrogens with one attached hydrogen (secondary N) is 1. The summed E-state index contributed by atoms with van der Waals surface area (Å²) in [6, 6.07) is 15.1. The summed E-state index contributed by atoms with van der Waals surface area (Å²) in [7, 11) is 0. The van der Waals surface area contributed by atoms with Gasteiger partial charge < -0.3 is 5.32 Å². The average molecular weight is 258 g/mol. The molecule has 0 fully saturated rings. The standard InChI is InChI=1S/C15H18N2S/c1-12(2)17-11-13-6-8-14(9-7-13)18-15-5-3-4-10-16-15/h3-10,12,17H,11H2,1-2H3. The fraction of sp³-hybridized carbons (Fsp3) is 0.267. The summed E-state index contributed by atoms with van der Waals surface area (Å²) in [4.78, 5) is 5.53. The third kappa shape index (κ3) is 4.17. The Bertz CT molecular complexity index is 466. The van der Waals surface area contributed by atoms with Gasteiger partial charge in [0, 0.05) is 23.7 Å². The minimum Gasteiger partial charge on any atom is -0.310 e.